The quantitative estimate of drug-likeness (QED) is 0.906. The lowest BCUT2D eigenvalue weighted by molar-refractivity contribution is 0.0726. The van der Waals surface area contributed by atoms with E-state index in [1.54, 1.807) is 0 Å². The molecule has 0 fully saturated rings. The summed E-state index contributed by atoms with van der Waals surface area (Å²) in [5.74, 6) is -0.0523. The highest BCUT2D eigenvalue weighted by Crippen LogP contribution is 2.34. The molecule has 1 aromatic heterocycles. The van der Waals surface area contributed by atoms with Gasteiger partial charge < -0.3 is 5.11 Å². The van der Waals surface area contributed by atoms with Crippen LogP contribution in [0.5, 0.6) is 0 Å². The van der Waals surface area contributed by atoms with Crippen LogP contribution in [0.4, 0.5) is 4.39 Å². The fraction of sp³-hybridized carbons (Fsp3) is 0.200. The number of aliphatic hydroxyl groups excluding tert-OH is 1. The zero-order valence-electron chi connectivity index (χ0n) is 8.44. The van der Waals surface area contributed by atoms with Gasteiger partial charge in [-0.1, -0.05) is 29.3 Å². The molecule has 90 valence electrons. The van der Waals surface area contributed by atoms with E-state index in [0.717, 1.165) is 6.33 Å². The monoisotopic (exact) mass is 275 g/mol. The van der Waals surface area contributed by atoms with Crippen LogP contribution in [0.25, 0.3) is 0 Å². The van der Waals surface area contributed by atoms with Gasteiger partial charge in [-0.25, -0.2) is 9.37 Å². The summed E-state index contributed by atoms with van der Waals surface area (Å²) in [7, 11) is 0. The lowest BCUT2D eigenvalue weighted by atomic mass is 10.1. The lowest BCUT2D eigenvalue weighted by Crippen LogP contribution is -2.08. The normalized spacial score (nSPS) is 14.6. The Morgan fingerprint density at radius 3 is 2.71 bits per heavy atom. The van der Waals surface area contributed by atoms with Crippen LogP contribution in [-0.4, -0.2) is 20.3 Å². The Morgan fingerprint density at radius 1 is 1.35 bits per heavy atom. The molecule has 1 aromatic carbocycles. The Bertz CT molecular complexity index is 506. The largest absolute Gasteiger partial charge is 0.385 e. The summed E-state index contributed by atoms with van der Waals surface area (Å²) in [5, 5.41) is 16.3. The molecule has 2 atom stereocenters. The summed E-state index contributed by atoms with van der Waals surface area (Å²) in [6, 6.07) is 4.44. The van der Waals surface area contributed by atoms with Gasteiger partial charge in [0.25, 0.3) is 0 Å². The predicted molar refractivity (Wildman–Crippen MR) is 61.7 cm³/mol. The number of nitrogens with zero attached hydrogens (tertiary/aromatic N) is 2. The number of aromatic amines is 1. The van der Waals surface area contributed by atoms with Crippen molar-refractivity contribution >= 4 is 23.2 Å². The van der Waals surface area contributed by atoms with Gasteiger partial charge >= 0.3 is 0 Å². The Morgan fingerprint density at radius 2 is 2.12 bits per heavy atom. The second-order valence-electron chi connectivity index (χ2n) is 3.38. The van der Waals surface area contributed by atoms with Crippen molar-refractivity contribution in [3.05, 3.63) is 46.0 Å². The minimum Gasteiger partial charge on any atom is -0.385 e. The van der Waals surface area contributed by atoms with Crippen LogP contribution in [0.15, 0.2) is 24.5 Å². The maximum atomic E-state index is 13.9. The Hall–Kier alpha value is -1.17. The number of alkyl halides is 1. The molecular formula is C10H8Cl2FN3O. The first-order valence-electron chi connectivity index (χ1n) is 4.72. The number of H-pyrrole nitrogens is 1. The predicted octanol–water partition coefficient (Wildman–Crippen LogP) is 2.86. The van der Waals surface area contributed by atoms with Crippen molar-refractivity contribution in [1.29, 1.82) is 0 Å². The third kappa shape index (κ3) is 2.57. The molecule has 2 aromatic rings. The van der Waals surface area contributed by atoms with Crippen LogP contribution in [0, 0.1) is 0 Å². The van der Waals surface area contributed by atoms with E-state index in [1.165, 1.54) is 18.2 Å². The van der Waals surface area contributed by atoms with Crippen LogP contribution >= 0.6 is 23.2 Å². The van der Waals surface area contributed by atoms with Crippen molar-refractivity contribution in [3.8, 4) is 0 Å². The molecule has 0 bridgehead atoms. The Kier molecular flexibility index (Phi) is 3.61. The number of hydrogen-bond acceptors (Lipinski definition) is 3. The molecule has 0 aliphatic carbocycles. The van der Waals surface area contributed by atoms with Gasteiger partial charge in [-0.15, -0.1) is 0 Å². The van der Waals surface area contributed by atoms with E-state index in [0.29, 0.717) is 5.02 Å². The first-order valence-corrected chi connectivity index (χ1v) is 5.47. The van der Waals surface area contributed by atoms with Crippen LogP contribution in [0.3, 0.4) is 0 Å². The minimum absolute atomic E-state index is 0.0523. The highest BCUT2D eigenvalue weighted by molar-refractivity contribution is 6.35. The summed E-state index contributed by atoms with van der Waals surface area (Å²) in [4.78, 5) is 3.64. The molecule has 0 saturated carbocycles. The molecule has 1 heterocycles. The van der Waals surface area contributed by atoms with Crippen molar-refractivity contribution in [3.63, 3.8) is 0 Å². The lowest BCUT2D eigenvalue weighted by Gasteiger charge is -2.15. The molecule has 2 N–H and O–H groups in total. The van der Waals surface area contributed by atoms with Crippen molar-refractivity contribution in [2.45, 2.75) is 12.3 Å². The zero-order valence-corrected chi connectivity index (χ0v) is 9.95. The van der Waals surface area contributed by atoms with Gasteiger partial charge in [0.1, 0.15) is 12.4 Å². The Labute approximate surface area is 106 Å². The van der Waals surface area contributed by atoms with Gasteiger partial charge in [0.2, 0.25) is 0 Å². The van der Waals surface area contributed by atoms with Crippen molar-refractivity contribution in [1.82, 2.24) is 15.2 Å². The topological polar surface area (TPSA) is 61.8 Å². The van der Waals surface area contributed by atoms with E-state index in [2.05, 4.69) is 15.2 Å². The summed E-state index contributed by atoms with van der Waals surface area (Å²) < 4.78 is 13.9. The number of hydrogen-bond donors (Lipinski definition) is 2. The summed E-state index contributed by atoms with van der Waals surface area (Å²) in [6.45, 7) is 0. The molecule has 4 nitrogen and oxygen atoms in total. The van der Waals surface area contributed by atoms with Gasteiger partial charge in [-0.05, 0) is 12.1 Å². The molecule has 17 heavy (non-hydrogen) atoms. The fourth-order valence-electron chi connectivity index (χ4n) is 1.40. The molecule has 0 aliphatic rings. The Balaban J connectivity index is 2.28. The molecule has 0 radical (unpaired) electrons. The molecule has 0 spiro atoms. The van der Waals surface area contributed by atoms with E-state index in [1.807, 2.05) is 0 Å². The molecule has 0 saturated heterocycles. The number of benzene rings is 1. The summed E-state index contributed by atoms with van der Waals surface area (Å²) in [6.07, 6.45) is -1.98. The van der Waals surface area contributed by atoms with Gasteiger partial charge in [-0.2, -0.15) is 5.10 Å². The van der Waals surface area contributed by atoms with E-state index >= 15 is 0 Å². The molecule has 2 unspecified atom stereocenters. The molecular weight excluding hydrogens is 268 g/mol. The summed E-state index contributed by atoms with van der Waals surface area (Å²) >= 11 is 11.6. The number of aliphatic hydroxyl groups is 1. The molecule has 7 heteroatoms. The maximum absolute atomic E-state index is 13.9. The fourth-order valence-corrected chi connectivity index (χ4v) is 1.92. The summed E-state index contributed by atoms with van der Waals surface area (Å²) in [5.41, 5.74) is 0.250. The van der Waals surface area contributed by atoms with Crippen LogP contribution in [-0.2, 0) is 0 Å². The standard InChI is InChI=1S/C10H8Cl2FN3O/c11-5-1-2-6(7(12)3-5)9(17)8(13)10-14-4-15-16-10/h1-4,8-9,17H,(H,14,15,16). The van der Waals surface area contributed by atoms with E-state index in [4.69, 9.17) is 23.2 Å². The van der Waals surface area contributed by atoms with E-state index < -0.39 is 12.3 Å². The molecule has 0 amide bonds. The number of aromatic nitrogens is 3. The van der Waals surface area contributed by atoms with E-state index in [9.17, 15) is 9.50 Å². The average molecular weight is 276 g/mol. The van der Waals surface area contributed by atoms with Gasteiger partial charge in [0, 0.05) is 15.6 Å². The van der Waals surface area contributed by atoms with Crippen LogP contribution < -0.4 is 0 Å². The second kappa shape index (κ2) is 5.00. The third-order valence-corrected chi connectivity index (χ3v) is 2.82. The third-order valence-electron chi connectivity index (χ3n) is 2.25. The van der Waals surface area contributed by atoms with E-state index in [-0.39, 0.29) is 16.4 Å². The second-order valence-corrected chi connectivity index (χ2v) is 4.23. The van der Waals surface area contributed by atoms with Crippen molar-refractivity contribution in [2.24, 2.45) is 0 Å². The van der Waals surface area contributed by atoms with Gasteiger partial charge in [0.05, 0.1) is 0 Å². The maximum Gasteiger partial charge on any atom is 0.189 e. The smallest absolute Gasteiger partial charge is 0.189 e. The number of rotatable bonds is 3. The van der Waals surface area contributed by atoms with Crippen molar-refractivity contribution in [2.75, 3.05) is 0 Å². The number of halogens is 3. The van der Waals surface area contributed by atoms with Crippen LogP contribution in [0.2, 0.25) is 10.0 Å². The first-order chi connectivity index (χ1) is 8.09. The molecule has 2 rings (SSSR count). The SMILES string of the molecule is OC(c1ccc(Cl)cc1Cl)C(F)c1ncn[nH]1. The minimum atomic E-state index is -1.73. The van der Waals surface area contributed by atoms with Crippen LogP contribution in [0.1, 0.15) is 23.7 Å². The van der Waals surface area contributed by atoms with Crippen molar-refractivity contribution < 1.29 is 9.50 Å². The highest BCUT2D eigenvalue weighted by atomic mass is 35.5. The van der Waals surface area contributed by atoms with Gasteiger partial charge in [0.15, 0.2) is 12.0 Å². The number of nitrogens with one attached hydrogen (secondary N) is 1. The first kappa shape index (κ1) is 12.3. The zero-order chi connectivity index (χ0) is 12.4. The van der Waals surface area contributed by atoms with Gasteiger partial charge in [-0.3, -0.25) is 5.10 Å². The highest BCUT2D eigenvalue weighted by Gasteiger charge is 2.26. The molecule has 0 aliphatic heterocycles. The average Bonchev–Trinajstić information content (AvgIpc) is 2.80.